The summed E-state index contributed by atoms with van der Waals surface area (Å²) in [6.07, 6.45) is 0.799. The fourth-order valence-electron chi connectivity index (χ4n) is 1.13. The van der Waals surface area contributed by atoms with Crippen LogP contribution in [0, 0.1) is 11.8 Å². The number of carboxylic acid groups (broad SMARTS) is 1. The van der Waals surface area contributed by atoms with Crippen LogP contribution in [0.4, 0.5) is 0 Å². The molecule has 2 N–H and O–H groups in total. The van der Waals surface area contributed by atoms with Crippen LogP contribution in [-0.4, -0.2) is 31.3 Å². The molecule has 1 rings (SSSR count). The first kappa shape index (κ1) is 13.1. The van der Waals surface area contributed by atoms with Gasteiger partial charge >= 0.3 is 5.97 Å². The van der Waals surface area contributed by atoms with E-state index in [1.54, 1.807) is 12.1 Å². The van der Waals surface area contributed by atoms with Gasteiger partial charge < -0.3 is 15.2 Å². The van der Waals surface area contributed by atoms with Gasteiger partial charge in [0.25, 0.3) is 0 Å². The molecule has 0 spiro atoms. The van der Waals surface area contributed by atoms with Gasteiger partial charge in [-0.1, -0.05) is 11.8 Å². The summed E-state index contributed by atoms with van der Waals surface area (Å²) in [5.74, 6) is 5.58. The maximum absolute atomic E-state index is 10.3. The number of carbonyl (C=O) groups is 1. The molecule has 0 aliphatic carbocycles. The third-order valence-electron chi connectivity index (χ3n) is 1.95. The van der Waals surface area contributed by atoms with Gasteiger partial charge in [-0.2, -0.15) is 0 Å². The number of hydrogen-bond donors (Lipinski definition) is 2. The van der Waals surface area contributed by atoms with Crippen molar-refractivity contribution in [3.63, 3.8) is 0 Å². The second-order valence-corrected chi connectivity index (χ2v) is 3.36. The Balaban J connectivity index is 2.48. The van der Waals surface area contributed by atoms with Crippen molar-refractivity contribution in [3.05, 3.63) is 29.8 Å². The monoisotopic (exact) mass is 233 g/mol. The molecule has 0 unspecified atom stereocenters. The second kappa shape index (κ2) is 7.31. The Morgan fingerprint density at radius 1 is 1.41 bits per heavy atom. The average molecular weight is 233 g/mol. The van der Waals surface area contributed by atoms with Crippen molar-refractivity contribution in [1.29, 1.82) is 0 Å². The second-order valence-electron chi connectivity index (χ2n) is 3.36. The minimum absolute atomic E-state index is 0.326. The van der Waals surface area contributed by atoms with Crippen molar-refractivity contribution < 1.29 is 14.6 Å². The molecule has 0 amide bonds. The summed E-state index contributed by atoms with van der Waals surface area (Å²) >= 11 is 0. The van der Waals surface area contributed by atoms with Crippen molar-refractivity contribution in [2.75, 3.05) is 20.2 Å². The predicted octanol–water partition coefficient (Wildman–Crippen LogP) is 1.11. The van der Waals surface area contributed by atoms with E-state index in [1.165, 1.54) is 0 Å². The third-order valence-corrected chi connectivity index (χ3v) is 1.95. The highest BCUT2D eigenvalue weighted by Gasteiger charge is 1.98. The molecule has 0 saturated carbocycles. The van der Waals surface area contributed by atoms with Gasteiger partial charge in [-0.15, -0.1) is 0 Å². The lowest BCUT2D eigenvalue weighted by molar-refractivity contribution is -0.139. The molecular formula is C13H15NO3. The van der Waals surface area contributed by atoms with Gasteiger partial charge in [0.2, 0.25) is 0 Å². The van der Waals surface area contributed by atoms with Crippen LogP contribution in [0.1, 0.15) is 12.0 Å². The molecule has 0 aliphatic heterocycles. The van der Waals surface area contributed by atoms with E-state index in [9.17, 15) is 4.79 Å². The highest BCUT2D eigenvalue weighted by Crippen LogP contribution is 2.11. The average Bonchev–Trinajstić information content (AvgIpc) is 2.33. The molecule has 0 aliphatic rings. The number of ether oxygens (including phenoxy) is 1. The molecule has 4 nitrogen and oxygen atoms in total. The maximum Gasteiger partial charge on any atom is 0.341 e. The van der Waals surface area contributed by atoms with E-state index in [1.807, 2.05) is 19.2 Å². The van der Waals surface area contributed by atoms with Gasteiger partial charge in [0.1, 0.15) is 5.75 Å². The number of nitrogens with one attached hydrogen (secondary N) is 1. The summed E-state index contributed by atoms with van der Waals surface area (Å²) in [5, 5.41) is 11.5. The summed E-state index contributed by atoms with van der Waals surface area (Å²) in [6, 6.07) is 7.04. The number of benzene rings is 1. The minimum Gasteiger partial charge on any atom is -0.482 e. The summed E-state index contributed by atoms with van der Waals surface area (Å²) in [7, 11) is 1.89. The Bertz CT molecular complexity index is 415. The van der Waals surface area contributed by atoms with E-state index < -0.39 is 5.97 Å². The number of carboxylic acids is 1. The summed E-state index contributed by atoms with van der Waals surface area (Å²) in [6.45, 7) is 0.542. The highest BCUT2D eigenvalue weighted by atomic mass is 16.5. The molecule has 0 atom stereocenters. The van der Waals surface area contributed by atoms with Crippen molar-refractivity contribution in [3.8, 4) is 17.6 Å². The van der Waals surface area contributed by atoms with Crippen molar-refractivity contribution in [2.24, 2.45) is 0 Å². The summed E-state index contributed by atoms with van der Waals surface area (Å²) in [5.41, 5.74) is 0.892. The first-order valence-electron chi connectivity index (χ1n) is 5.30. The Hall–Kier alpha value is -1.99. The highest BCUT2D eigenvalue weighted by molar-refractivity contribution is 5.68. The van der Waals surface area contributed by atoms with E-state index >= 15 is 0 Å². The largest absolute Gasteiger partial charge is 0.482 e. The summed E-state index contributed by atoms with van der Waals surface area (Å²) in [4.78, 5) is 10.3. The normalized spacial score (nSPS) is 9.24. The van der Waals surface area contributed by atoms with Crippen LogP contribution in [0.3, 0.4) is 0 Å². The van der Waals surface area contributed by atoms with E-state index in [0.717, 1.165) is 18.5 Å². The lowest BCUT2D eigenvalue weighted by Crippen LogP contribution is -2.09. The maximum atomic E-state index is 10.3. The molecule has 0 heterocycles. The van der Waals surface area contributed by atoms with Crippen LogP contribution < -0.4 is 10.1 Å². The summed E-state index contributed by atoms with van der Waals surface area (Å²) < 4.78 is 5.01. The quantitative estimate of drug-likeness (QED) is 0.591. The molecule has 1 aromatic carbocycles. The van der Waals surface area contributed by atoms with Crippen LogP contribution in [0.15, 0.2) is 24.3 Å². The molecule has 0 fully saturated rings. The predicted molar refractivity (Wildman–Crippen MR) is 65.0 cm³/mol. The first-order valence-corrected chi connectivity index (χ1v) is 5.30. The van der Waals surface area contributed by atoms with Crippen LogP contribution in [-0.2, 0) is 4.79 Å². The zero-order chi connectivity index (χ0) is 12.5. The van der Waals surface area contributed by atoms with Gasteiger partial charge in [0.15, 0.2) is 6.61 Å². The zero-order valence-corrected chi connectivity index (χ0v) is 9.69. The van der Waals surface area contributed by atoms with E-state index in [-0.39, 0.29) is 6.61 Å². The van der Waals surface area contributed by atoms with Gasteiger partial charge in [0, 0.05) is 18.5 Å². The van der Waals surface area contributed by atoms with E-state index in [0.29, 0.717) is 5.75 Å². The zero-order valence-electron chi connectivity index (χ0n) is 9.69. The molecule has 0 saturated heterocycles. The van der Waals surface area contributed by atoms with E-state index in [2.05, 4.69) is 17.2 Å². The topological polar surface area (TPSA) is 58.6 Å². The SMILES string of the molecule is CNCCC#Cc1ccc(OCC(=O)O)cc1. The molecule has 90 valence electrons. The van der Waals surface area contributed by atoms with Crippen molar-refractivity contribution in [2.45, 2.75) is 6.42 Å². The Kier molecular flexibility index (Phi) is 5.62. The Morgan fingerprint density at radius 2 is 2.12 bits per heavy atom. The Morgan fingerprint density at radius 3 is 2.71 bits per heavy atom. The molecule has 0 radical (unpaired) electrons. The first-order chi connectivity index (χ1) is 8.22. The van der Waals surface area contributed by atoms with Gasteiger partial charge in [-0.05, 0) is 31.3 Å². The lowest BCUT2D eigenvalue weighted by Gasteiger charge is -2.01. The minimum atomic E-state index is -0.985. The third kappa shape index (κ3) is 5.59. The number of hydrogen-bond acceptors (Lipinski definition) is 3. The molecule has 17 heavy (non-hydrogen) atoms. The van der Waals surface area contributed by atoms with Gasteiger partial charge in [0.05, 0.1) is 0 Å². The molecular weight excluding hydrogens is 218 g/mol. The van der Waals surface area contributed by atoms with Crippen LogP contribution in [0.2, 0.25) is 0 Å². The van der Waals surface area contributed by atoms with Crippen LogP contribution in [0.25, 0.3) is 0 Å². The van der Waals surface area contributed by atoms with E-state index in [4.69, 9.17) is 9.84 Å². The van der Waals surface area contributed by atoms with Crippen molar-refractivity contribution >= 4 is 5.97 Å². The molecule has 1 aromatic rings. The molecule has 0 bridgehead atoms. The van der Waals surface area contributed by atoms with Gasteiger partial charge in [-0.25, -0.2) is 4.79 Å². The van der Waals surface area contributed by atoms with Crippen LogP contribution >= 0.6 is 0 Å². The van der Waals surface area contributed by atoms with Crippen molar-refractivity contribution in [1.82, 2.24) is 5.32 Å². The molecule has 4 heteroatoms. The standard InChI is InChI=1S/C13H15NO3/c1-14-9-3-2-4-11-5-7-12(8-6-11)17-10-13(15)16/h5-8,14H,3,9-10H2,1H3,(H,15,16). The van der Waals surface area contributed by atoms with Crippen LogP contribution in [0.5, 0.6) is 5.75 Å². The smallest absolute Gasteiger partial charge is 0.341 e. The number of aliphatic carboxylic acids is 1. The fraction of sp³-hybridized carbons (Fsp3) is 0.308. The number of rotatable bonds is 5. The lowest BCUT2D eigenvalue weighted by atomic mass is 10.2. The molecule has 0 aromatic heterocycles. The Labute approximate surface area is 101 Å². The fourth-order valence-corrected chi connectivity index (χ4v) is 1.13. The van der Waals surface area contributed by atoms with Gasteiger partial charge in [-0.3, -0.25) is 0 Å².